The van der Waals surface area contributed by atoms with Crippen molar-refractivity contribution in [1.29, 1.82) is 0 Å². The quantitative estimate of drug-likeness (QED) is 0.732. The van der Waals surface area contributed by atoms with Crippen LogP contribution >= 0.6 is 11.8 Å². The van der Waals surface area contributed by atoms with Crippen molar-refractivity contribution >= 4 is 17.7 Å². The molecule has 1 atom stereocenters. The second-order valence-electron chi connectivity index (χ2n) is 7.20. The highest BCUT2D eigenvalue weighted by atomic mass is 32.2. The van der Waals surface area contributed by atoms with Crippen LogP contribution in [0.25, 0.3) is 0 Å². The summed E-state index contributed by atoms with van der Waals surface area (Å²) in [7, 11) is 1.90. The van der Waals surface area contributed by atoms with Gasteiger partial charge in [-0.1, -0.05) is 43.2 Å². The number of para-hydroxylation sites is 2. The van der Waals surface area contributed by atoms with Gasteiger partial charge in [-0.25, -0.2) is 0 Å². The van der Waals surface area contributed by atoms with Gasteiger partial charge in [0.15, 0.2) is 28.6 Å². The zero-order valence-corrected chi connectivity index (χ0v) is 17.0. The van der Waals surface area contributed by atoms with Gasteiger partial charge in [-0.05, 0) is 25.0 Å². The van der Waals surface area contributed by atoms with Gasteiger partial charge in [0.1, 0.15) is 6.61 Å². The minimum absolute atomic E-state index is 0.183. The van der Waals surface area contributed by atoms with E-state index < -0.39 is 0 Å². The molecule has 2 aliphatic heterocycles. The van der Waals surface area contributed by atoms with Crippen LogP contribution in [-0.2, 0) is 11.8 Å². The smallest absolute Gasteiger partial charge is 0.233 e. The average Bonchev–Trinajstić information content (AvgIpc) is 3.06. The van der Waals surface area contributed by atoms with Crippen LogP contribution in [-0.4, -0.2) is 51.0 Å². The lowest BCUT2D eigenvalue weighted by atomic mass is 10.1. The summed E-state index contributed by atoms with van der Waals surface area (Å²) in [6.45, 7) is 2.13. The number of amides is 1. The van der Waals surface area contributed by atoms with Gasteiger partial charge >= 0.3 is 0 Å². The van der Waals surface area contributed by atoms with Crippen LogP contribution in [0, 0.1) is 0 Å². The van der Waals surface area contributed by atoms with E-state index in [1.807, 2.05) is 40.8 Å². The zero-order chi connectivity index (χ0) is 19.3. The Morgan fingerprint density at radius 1 is 1.11 bits per heavy atom. The van der Waals surface area contributed by atoms with Gasteiger partial charge in [-0.2, -0.15) is 0 Å². The van der Waals surface area contributed by atoms with E-state index in [-0.39, 0.29) is 12.0 Å². The van der Waals surface area contributed by atoms with E-state index in [4.69, 9.17) is 9.47 Å². The van der Waals surface area contributed by atoms with Crippen LogP contribution in [0.2, 0.25) is 0 Å². The molecule has 0 spiro atoms. The van der Waals surface area contributed by atoms with Crippen LogP contribution < -0.4 is 9.47 Å². The molecule has 0 saturated carbocycles. The van der Waals surface area contributed by atoms with Crippen LogP contribution in [0.3, 0.4) is 0 Å². The highest BCUT2D eigenvalue weighted by Gasteiger charge is 2.27. The van der Waals surface area contributed by atoms with Gasteiger partial charge in [0, 0.05) is 20.1 Å². The van der Waals surface area contributed by atoms with E-state index in [0.29, 0.717) is 23.9 Å². The molecule has 2 aliphatic rings. The molecule has 1 amide bonds. The minimum Gasteiger partial charge on any atom is -0.485 e. The van der Waals surface area contributed by atoms with E-state index >= 15 is 0 Å². The predicted molar refractivity (Wildman–Crippen MR) is 107 cm³/mol. The Morgan fingerprint density at radius 3 is 2.61 bits per heavy atom. The molecule has 2 aromatic rings. The number of fused-ring (bicyclic) bond motifs is 1. The van der Waals surface area contributed by atoms with Crippen molar-refractivity contribution in [1.82, 2.24) is 19.7 Å². The summed E-state index contributed by atoms with van der Waals surface area (Å²) in [5.41, 5.74) is 0. The number of benzene rings is 1. The Bertz CT molecular complexity index is 818. The topological polar surface area (TPSA) is 69.5 Å². The maximum absolute atomic E-state index is 12.6. The summed E-state index contributed by atoms with van der Waals surface area (Å²) < 4.78 is 13.7. The molecular weight excluding hydrogens is 376 g/mol. The lowest BCUT2D eigenvalue weighted by Gasteiger charge is -2.25. The number of nitrogens with zero attached hydrogens (tertiary/aromatic N) is 4. The van der Waals surface area contributed by atoms with E-state index in [0.717, 1.165) is 36.8 Å². The van der Waals surface area contributed by atoms with E-state index in [1.165, 1.54) is 31.0 Å². The highest BCUT2D eigenvalue weighted by molar-refractivity contribution is 7.99. The summed E-state index contributed by atoms with van der Waals surface area (Å²) in [5.74, 6) is 2.73. The van der Waals surface area contributed by atoms with Gasteiger partial charge in [0.2, 0.25) is 5.91 Å². The van der Waals surface area contributed by atoms with Gasteiger partial charge < -0.3 is 18.9 Å². The van der Waals surface area contributed by atoms with Gasteiger partial charge in [0.25, 0.3) is 0 Å². The second kappa shape index (κ2) is 8.86. The normalized spacial score (nSPS) is 19.8. The molecule has 0 radical (unpaired) electrons. The first-order chi connectivity index (χ1) is 13.7. The first kappa shape index (κ1) is 19.1. The van der Waals surface area contributed by atoms with Crippen LogP contribution in [0.1, 0.15) is 44.0 Å². The molecule has 0 bridgehead atoms. The fourth-order valence-electron chi connectivity index (χ4n) is 3.59. The summed E-state index contributed by atoms with van der Waals surface area (Å²) in [4.78, 5) is 14.6. The van der Waals surface area contributed by atoms with Gasteiger partial charge in [-0.3, -0.25) is 4.79 Å². The number of aromatic nitrogens is 3. The average molecular weight is 403 g/mol. The molecule has 8 heteroatoms. The summed E-state index contributed by atoms with van der Waals surface area (Å²) in [6.07, 6.45) is 5.62. The fourth-order valence-corrected chi connectivity index (χ4v) is 4.41. The molecule has 3 heterocycles. The Balaban J connectivity index is 1.37. The van der Waals surface area contributed by atoms with E-state index in [1.54, 1.807) is 0 Å². The number of hydrogen-bond donors (Lipinski definition) is 0. The van der Waals surface area contributed by atoms with Crippen molar-refractivity contribution in [2.75, 3.05) is 25.4 Å². The molecule has 1 aromatic carbocycles. The Morgan fingerprint density at radius 2 is 1.82 bits per heavy atom. The monoisotopic (exact) mass is 402 g/mol. The number of thioether (sulfide) groups is 1. The maximum atomic E-state index is 12.6. The van der Waals surface area contributed by atoms with Crippen molar-refractivity contribution in [3.05, 3.63) is 30.1 Å². The maximum Gasteiger partial charge on any atom is 0.233 e. The third-order valence-electron chi connectivity index (χ3n) is 5.20. The number of carbonyl (C=O) groups excluding carboxylic acids is 1. The molecule has 150 valence electrons. The third-order valence-corrected chi connectivity index (χ3v) is 6.20. The van der Waals surface area contributed by atoms with Gasteiger partial charge in [0.05, 0.1) is 5.75 Å². The molecule has 1 saturated heterocycles. The first-order valence-electron chi connectivity index (χ1n) is 9.91. The first-order valence-corrected chi connectivity index (χ1v) is 10.9. The van der Waals surface area contributed by atoms with Crippen molar-refractivity contribution in [3.8, 4) is 11.5 Å². The zero-order valence-electron chi connectivity index (χ0n) is 16.2. The predicted octanol–water partition coefficient (Wildman–Crippen LogP) is 3.21. The molecule has 1 fully saturated rings. The Labute approximate surface area is 169 Å². The molecule has 28 heavy (non-hydrogen) atoms. The molecule has 1 unspecified atom stereocenters. The van der Waals surface area contributed by atoms with Crippen molar-refractivity contribution < 1.29 is 14.3 Å². The molecule has 7 nitrogen and oxygen atoms in total. The number of carbonyl (C=O) groups is 1. The van der Waals surface area contributed by atoms with Crippen molar-refractivity contribution in [2.45, 2.75) is 43.4 Å². The SMILES string of the molecule is Cn1c(SCC(=O)N2CCCCCCC2)nnc1C1COc2ccccc2O1. The summed E-state index contributed by atoms with van der Waals surface area (Å²) >= 11 is 1.43. The van der Waals surface area contributed by atoms with E-state index in [2.05, 4.69) is 10.2 Å². The fraction of sp³-hybridized carbons (Fsp3) is 0.550. The number of hydrogen-bond acceptors (Lipinski definition) is 6. The summed E-state index contributed by atoms with van der Waals surface area (Å²) in [5, 5.41) is 9.28. The minimum atomic E-state index is -0.313. The van der Waals surface area contributed by atoms with E-state index in [9.17, 15) is 4.79 Å². The molecule has 1 aromatic heterocycles. The number of ether oxygens (including phenoxy) is 2. The number of likely N-dealkylation sites (tertiary alicyclic amines) is 1. The molecular formula is C20H26N4O3S. The Kier molecular flexibility index (Phi) is 6.04. The van der Waals surface area contributed by atoms with Crippen molar-refractivity contribution in [2.24, 2.45) is 7.05 Å². The van der Waals surface area contributed by atoms with Crippen LogP contribution in [0.15, 0.2) is 29.4 Å². The van der Waals surface area contributed by atoms with Gasteiger partial charge in [-0.15, -0.1) is 10.2 Å². The second-order valence-corrected chi connectivity index (χ2v) is 8.14. The van der Waals surface area contributed by atoms with Crippen LogP contribution in [0.4, 0.5) is 0 Å². The molecule has 0 aliphatic carbocycles. The molecule has 4 rings (SSSR count). The van der Waals surface area contributed by atoms with Crippen molar-refractivity contribution in [3.63, 3.8) is 0 Å². The summed E-state index contributed by atoms with van der Waals surface area (Å²) in [6, 6.07) is 7.61. The standard InChI is InChI=1S/C20H26N4O3S/c1-23-19(17-13-26-15-9-5-6-10-16(15)27-17)21-22-20(23)28-14-18(25)24-11-7-3-2-4-8-12-24/h5-6,9-10,17H,2-4,7-8,11-14H2,1H3. The molecule has 0 N–H and O–H groups in total. The largest absolute Gasteiger partial charge is 0.485 e. The Hall–Kier alpha value is -2.22. The lowest BCUT2D eigenvalue weighted by molar-refractivity contribution is -0.128. The lowest BCUT2D eigenvalue weighted by Crippen LogP contribution is -2.35. The third kappa shape index (κ3) is 4.27. The van der Waals surface area contributed by atoms with Crippen LogP contribution in [0.5, 0.6) is 11.5 Å². The highest BCUT2D eigenvalue weighted by Crippen LogP contribution is 2.35. The number of rotatable bonds is 4.